The standard InChI is InChI=1S/C10H17N3O3S/c1-7-10(8(2)16-12-7)17(14,15)13-6-4-3-5-9(13)11/h9H,3-6,11H2,1-2H3. The fourth-order valence-corrected chi connectivity index (χ4v) is 4.07. The van der Waals surface area contributed by atoms with Crippen LogP contribution in [0, 0.1) is 13.8 Å². The minimum atomic E-state index is -3.58. The predicted octanol–water partition coefficient (Wildman–Crippen LogP) is 0.751. The molecule has 1 unspecified atom stereocenters. The van der Waals surface area contributed by atoms with E-state index in [1.165, 1.54) is 4.31 Å². The zero-order valence-electron chi connectivity index (χ0n) is 10.0. The van der Waals surface area contributed by atoms with Gasteiger partial charge in [0.2, 0.25) is 10.0 Å². The van der Waals surface area contributed by atoms with Gasteiger partial charge in [-0.05, 0) is 33.1 Å². The van der Waals surface area contributed by atoms with Crippen LogP contribution in [0.15, 0.2) is 9.42 Å². The second kappa shape index (κ2) is 4.40. The fourth-order valence-electron chi connectivity index (χ4n) is 2.19. The van der Waals surface area contributed by atoms with Gasteiger partial charge in [-0.15, -0.1) is 0 Å². The van der Waals surface area contributed by atoms with Gasteiger partial charge in [0, 0.05) is 6.54 Å². The summed E-state index contributed by atoms with van der Waals surface area (Å²) in [5.74, 6) is 0.320. The Kier molecular flexibility index (Phi) is 3.24. The minimum Gasteiger partial charge on any atom is -0.360 e. The van der Waals surface area contributed by atoms with Crippen LogP contribution in [0.4, 0.5) is 0 Å². The lowest BCUT2D eigenvalue weighted by Crippen LogP contribution is -2.48. The molecule has 1 atom stereocenters. The van der Waals surface area contributed by atoms with E-state index >= 15 is 0 Å². The first-order valence-corrected chi connectivity index (χ1v) is 7.09. The molecule has 0 saturated carbocycles. The van der Waals surface area contributed by atoms with Crippen LogP contribution in [0.2, 0.25) is 0 Å². The summed E-state index contributed by atoms with van der Waals surface area (Å²) in [6.07, 6.45) is 2.07. The van der Waals surface area contributed by atoms with Gasteiger partial charge in [0.05, 0.1) is 6.17 Å². The maximum absolute atomic E-state index is 12.4. The third kappa shape index (κ3) is 2.10. The van der Waals surface area contributed by atoms with Crippen molar-refractivity contribution < 1.29 is 12.9 Å². The highest BCUT2D eigenvalue weighted by Crippen LogP contribution is 2.27. The van der Waals surface area contributed by atoms with Gasteiger partial charge in [0.25, 0.3) is 0 Å². The molecule has 96 valence electrons. The average Bonchev–Trinajstić information content (AvgIpc) is 2.59. The Bertz CT molecular complexity index is 489. The Labute approximate surface area is 101 Å². The molecule has 0 aromatic carbocycles. The van der Waals surface area contributed by atoms with Gasteiger partial charge in [-0.1, -0.05) is 5.16 Å². The quantitative estimate of drug-likeness (QED) is 0.846. The Balaban J connectivity index is 2.42. The minimum absolute atomic E-state index is 0.162. The first-order valence-electron chi connectivity index (χ1n) is 5.65. The molecule has 1 aliphatic rings. The van der Waals surface area contributed by atoms with Crippen molar-refractivity contribution in [2.45, 2.75) is 44.2 Å². The SMILES string of the molecule is Cc1noc(C)c1S(=O)(=O)N1CCCCC1N. The van der Waals surface area contributed by atoms with Gasteiger partial charge in [-0.25, -0.2) is 8.42 Å². The number of hydrogen-bond donors (Lipinski definition) is 1. The van der Waals surface area contributed by atoms with Crippen molar-refractivity contribution in [2.24, 2.45) is 5.73 Å². The van der Waals surface area contributed by atoms with Crippen molar-refractivity contribution in [3.8, 4) is 0 Å². The third-order valence-corrected chi connectivity index (χ3v) is 5.20. The van der Waals surface area contributed by atoms with Crippen molar-refractivity contribution in [1.29, 1.82) is 0 Å². The monoisotopic (exact) mass is 259 g/mol. The van der Waals surface area contributed by atoms with Crippen LogP contribution in [-0.4, -0.2) is 30.6 Å². The molecule has 2 heterocycles. The van der Waals surface area contributed by atoms with E-state index in [1.807, 2.05) is 0 Å². The molecule has 6 nitrogen and oxygen atoms in total. The highest BCUT2D eigenvalue weighted by molar-refractivity contribution is 7.89. The van der Waals surface area contributed by atoms with E-state index in [4.69, 9.17) is 10.3 Å². The molecular weight excluding hydrogens is 242 g/mol. The summed E-state index contributed by atoms with van der Waals surface area (Å²) in [6, 6.07) is 0. The predicted molar refractivity (Wildman–Crippen MR) is 61.7 cm³/mol. The molecule has 0 amide bonds. The molecule has 2 rings (SSSR count). The fraction of sp³-hybridized carbons (Fsp3) is 0.700. The van der Waals surface area contributed by atoms with Crippen LogP contribution in [0.5, 0.6) is 0 Å². The summed E-state index contributed by atoms with van der Waals surface area (Å²) in [6.45, 7) is 3.69. The Morgan fingerprint density at radius 3 is 2.65 bits per heavy atom. The van der Waals surface area contributed by atoms with Gasteiger partial charge >= 0.3 is 0 Å². The lowest BCUT2D eigenvalue weighted by Gasteiger charge is -2.31. The largest absolute Gasteiger partial charge is 0.360 e. The van der Waals surface area contributed by atoms with E-state index in [0.717, 1.165) is 12.8 Å². The van der Waals surface area contributed by atoms with E-state index in [0.29, 0.717) is 24.4 Å². The van der Waals surface area contributed by atoms with Gasteiger partial charge in [0.15, 0.2) is 5.76 Å². The van der Waals surface area contributed by atoms with Gasteiger partial charge in [-0.2, -0.15) is 4.31 Å². The first-order chi connectivity index (χ1) is 7.94. The second-order valence-corrected chi connectivity index (χ2v) is 6.16. The first kappa shape index (κ1) is 12.5. The number of aromatic nitrogens is 1. The molecule has 7 heteroatoms. The lowest BCUT2D eigenvalue weighted by atomic mass is 10.1. The van der Waals surface area contributed by atoms with Crippen LogP contribution in [-0.2, 0) is 10.0 Å². The topological polar surface area (TPSA) is 89.4 Å². The van der Waals surface area contributed by atoms with Crippen molar-refractivity contribution in [3.05, 3.63) is 11.5 Å². The number of nitrogens with two attached hydrogens (primary N) is 1. The van der Waals surface area contributed by atoms with E-state index in [1.54, 1.807) is 13.8 Å². The van der Waals surface area contributed by atoms with Crippen LogP contribution < -0.4 is 5.73 Å². The Morgan fingerprint density at radius 2 is 2.12 bits per heavy atom. The smallest absolute Gasteiger partial charge is 0.249 e. The van der Waals surface area contributed by atoms with E-state index in [9.17, 15) is 8.42 Å². The van der Waals surface area contributed by atoms with Crippen LogP contribution >= 0.6 is 0 Å². The number of hydrogen-bond acceptors (Lipinski definition) is 5. The number of rotatable bonds is 2. The van der Waals surface area contributed by atoms with Crippen molar-refractivity contribution in [2.75, 3.05) is 6.54 Å². The average molecular weight is 259 g/mol. The molecule has 1 aliphatic heterocycles. The summed E-state index contributed by atoms with van der Waals surface area (Å²) < 4.78 is 31.2. The Hall–Kier alpha value is -0.920. The number of piperidine rings is 1. The summed E-state index contributed by atoms with van der Waals surface area (Å²) >= 11 is 0. The second-order valence-electron chi connectivity index (χ2n) is 4.33. The zero-order chi connectivity index (χ0) is 12.6. The molecule has 1 fully saturated rings. The summed E-state index contributed by atoms with van der Waals surface area (Å²) in [4.78, 5) is 0.162. The molecule has 0 aliphatic carbocycles. The molecular formula is C10H17N3O3S. The summed E-state index contributed by atoms with van der Waals surface area (Å²) in [7, 11) is -3.58. The summed E-state index contributed by atoms with van der Waals surface area (Å²) in [5, 5.41) is 3.68. The maximum atomic E-state index is 12.4. The van der Waals surface area contributed by atoms with Crippen LogP contribution in [0.3, 0.4) is 0 Å². The zero-order valence-corrected chi connectivity index (χ0v) is 10.8. The van der Waals surface area contributed by atoms with Crippen LogP contribution in [0.25, 0.3) is 0 Å². The third-order valence-electron chi connectivity index (χ3n) is 3.03. The van der Waals surface area contributed by atoms with Gasteiger partial charge in [-0.3, -0.25) is 0 Å². The molecule has 2 N–H and O–H groups in total. The molecule has 1 aromatic heterocycles. The summed E-state index contributed by atoms with van der Waals surface area (Å²) in [5.41, 5.74) is 6.26. The van der Waals surface area contributed by atoms with E-state index in [2.05, 4.69) is 5.16 Å². The van der Waals surface area contributed by atoms with Gasteiger partial charge < -0.3 is 10.3 Å². The highest BCUT2D eigenvalue weighted by atomic mass is 32.2. The Morgan fingerprint density at radius 1 is 1.41 bits per heavy atom. The highest BCUT2D eigenvalue weighted by Gasteiger charge is 2.35. The number of aryl methyl sites for hydroxylation is 2. The maximum Gasteiger partial charge on any atom is 0.249 e. The molecule has 0 radical (unpaired) electrons. The lowest BCUT2D eigenvalue weighted by molar-refractivity contribution is 0.257. The molecule has 0 bridgehead atoms. The molecule has 17 heavy (non-hydrogen) atoms. The molecule has 1 saturated heterocycles. The van der Waals surface area contributed by atoms with Crippen LogP contribution in [0.1, 0.15) is 30.7 Å². The van der Waals surface area contributed by atoms with Crippen molar-refractivity contribution in [3.63, 3.8) is 0 Å². The molecule has 0 spiro atoms. The van der Waals surface area contributed by atoms with E-state index in [-0.39, 0.29) is 4.90 Å². The normalized spacial score (nSPS) is 22.9. The number of sulfonamides is 1. The van der Waals surface area contributed by atoms with E-state index < -0.39 is 16.2 Å². The van der Waals surface area contributed by atoms with Crippen molar-refractivity contribution in [1.82, 2.24) is 9.46 Å². The van der Waals surface area contributed by atoms with Gasteiger partial charge in [0.1, 0.15) is 10.6 Å². The molecule has 1 aromatic rings. The number of nitrogens with zero attached hydrogens (tertiary/aromatic N) is 2. The van der Waals surface area contributed by atoms with Crippen molar-refractivity contribution >= 4 is 10.0 Å².